The second kappa shape index (κ2) is 5.86. The molecule has 5 nitrogen and oxygen atoms in total. The van der Waals surface area contributed by atoms with Gasteiger partial charge in [-0.15, -0.1) is 0 Å². The van der Waals surface area contributed by atoms with Gasteiger partial charge in [-0.05, 0) is 36.4 Å². The first-order chi connectivity index (χ1) is 9.20. The summed E-state index contributed by atoms with van der Waals surface area (Å²) in [6.07, 6.45) is 1.78. The van der Waals surface area contributed by atoms with Gasteiger partial charge in [0.25, 0.3) is 0 Å². The molecule has 0 spiro atoms. The number of amidine groups is 1. The Kier molecular flexibility index (Phi) is 3.97. The number of hydrogen-bond donors (Lipinski definition) is 2. The van der Waals surface area contributed by atoms with Crippen molar-refractivity contribution in [2.75, 3.05) is 11.9 Å². The van der Waals surface area contributed by atoms with Crippen molar-refractivity contribution >= 4 is 11.5 Å². The predicted octanol–water partition coefficient (Wildman–Crippen LogP) is 1.81. The van der Waals surface area contributed by atoms with Crippen molar-refractivity contribution in [1.29, 1.82) is 0 Å². The van der Waals surface area contributed by atoms with E-state index in [1.807, 2.05) is 49.5 Å². The summed E-state index contributed by atoms with van der Waals surface area (Å²) in [5.41, 5.74) is 8.26. The van der Waals surface area contributed by atoms with Crippen LogP contribution in [0.4, 0.5) is 5.69 Å². The fourth-order valence-corrected chi connectivity index (χ4v) is 1.77. The molecule has 0 aliphatic rings. The standard InChI is InChI=1S/C14H16N4O/c1-18(10-12-4-2-3-9-16-12)13-7-5-11(6-8-13)14(15)17-19/h2-9,19H,10H2,1H3,(H2,15,17). The van der Waals surface area contributed by atoms with E-state index in [9.17, 15) is 0 Å². The van der Waals surface area contributed by atoms with Crippen LogP contribution in [-0.4, -0.2) is 23.1 Å². The Balaban J connectivity index is 2.10. The number of oxime groups is 1. The third-order valence-corrected chi connectivity index (χ3v) is 2.84. The molecule has 0 radical (unpaired) electrons. The summed E-state index contributed by atoms with van der Waals surface area (Å²) in [4.78, 5) is 6.37. The predicted molar refractivity (Wildman–Crippen MR) is 75.3 cm³/mol. The smallest absolute Gasteiger partial charge is 0.170 e. The van der Waals surface area contributed by atoms with E-state index in [1.54, 1.807) is 6.20 Å². The average Bonchev–Trinajstić information content (AvgIpc) is 2.47. The zero-order valence-corrected chi connectivity index (χ0v) is 10.7. The maximum Gasteiger partial charge on any atom is 0.170 e. The van der Waals surface area contributed by atoms with E-state index in [-0.39, 0.29) is 5.84 Å². The van der Waals surface area contributed by atoms with Crippen molar-refractivity contribution in [3.63, 3.8) is 0 Å². The summed E-state index contributed by atoms with van der Waals surface area (Å²) in [5, 5.41) is 11.6. The summed E-state index contributed by atoms with van der Waals surface area (Å²) >= 11 is 0. The molecule has 5 heteroatoms. The summed E-state index contributed by atoms with van der Waals surface area (Å²) in [6, 6.07) is 13.3. The highest BCUT2D eigenvalue weighted by Crippen LogP contribution is 2.15. The summed E-state index contributed by atoms with van der Waals surface area (Å²) in [7, 11) is 1.99. The molecule has 0 amide bonds. The second-order valence-corrected chi connectivity index (χ2v) is 4.21. The van der Waals surface area contributed by atoms with Crippen LogP contribution in [-0.2, 0) is 6.54 Å². The lowest BCUT2D eigenvalue weighted by Crippen LogP contribution is -2.18. The third kappa shape index (κ3) is 3.22. The SMILES string of the molecule is CN(Cc1ccccn1)c1ccc(/C(N)=N/O)cc1. The van der Waals surface area contributed by atoms with Crippen LogP contribution < -0.4 is 10.6 Å². The van der Waals surface area contributed by atoms with E-state index in [0.29, 0.717) is 5.56 Å². The Morgan fingerprint density at radius 3 is 2.58 bits per heavy atom. The summed E-state index contributed by atoms with van der Waals surface area (Å²) in [5.74, 6) is 0.110. The van der Waals surface area contributed by atoms with Crippen LogP contribution in [0.5, 0.6) is 0 Å². The molecule has 0 unspecified atom stereocenters. The van der Waals surface area contributed by atoms with Gasteiger partial charge in [-0.3, -0.25) is 4.98 Å². The molecule has 19 heavy (non-hydrogen) atoms. The molecule has 0 saturated heterocycles. The average molecular weight is 256 g/mol. The van der Waals surface area contributed by atoms with E-state index in [1.165, 1.54) is 0 Å². The minimum absolute atomic E-state index is 0.110. The van der Waals surface area contributed by atoms with Crippen LogP contribution in [0.3, 0.4) is 0 Å². The van der Waals surface area contributed by atoms with E-state index < -0.39 is 0 Å². The first-order valence-corrected chi connectivity index (χ1v) is 5.89. The Morgan fingerprint density at radius 2 is 2.00 bits per heavy atom. The lowest BCUT2D eigenvalue weighted by atomic mass is 10.2. The molecule has 3 N–H and O–H groups in total. The van der Waals surface area contributed by atoms with Crippen LogP contribution in [0.25, 0.3) is 0 Å². The molecule has 1 heterocycles. The second-order valence-electron chi connectivity index (χ2n) is 4.21. The van der Waals surface area contributed by atoms with Gasteiger partial charge in [0, 0.05) is 24.5 Å². The molecule has 0 fully saturated rings. The van der Waals surface area contributed by atoms with Crippen LogP contribution >= 0.6 is 0 Å². The number of pyridine rings is 1. The topological polar surface area (TPSA) is 74.7 Å². The monoisotopic (exact) mass is 256 g/mol. The van der Waals surface area contributed by atoms with E-state index in [0.717, 1.165) is 17.9 Å². The van der Waals surface area contributed by atoms with Gasteiger partial charge in [-0.1, -0.05) is 11.2 Å². The first-order valence-electron chi connectivity index (χ1n) is 5.89. The Hall–Kier alpha value is -2.56. The molecule has 2 aromatic rings. The van der Waals surface area contributed by atoms with Crippen molar-refractivity contribution in [3.8, 4) is 0 Å². The maximum absolute atomic E-state index is 8.61. The molecule has 0 bridgehead atoms. The van der Waals surface area contributed by atoms with E-state index in [4.69, 9.17) is 10.9 Å². The third-order valence-electron chi connectivity index (χ3n) is 2.84. The molecule has 1 aromatic carbocycles. The van der Waals surface area contributed by atoms with Gasteiger partial charge in [-0.25, -0.2) is 0 Å². The molecular weight excluding hydrogens is 240 g/mol. The minimum atomic E-state index is 0.110. The van der Waals surface area contributed by atoms with Crippen LogP contribution in [0.2, 0.25) is 0 Å². The largest absolute Gasteiger partial charge is 0.409 e. The summed E-state index contributed by atoms with van der Waals surface area (Å²) in [6.45, 7) is 0.726. The van der Waals surface area contributed by atoms with Crippen molar-refractivity contribution in [2.24, 2.45) is 10.9 Å². The maximum atomic E-state index is 8.61. The van der Waals surface area contributed by atoms with Gasteiger partial charge in [0.05, 0.1) is 12.2 Å². The fraction of sp³-hybridized carbons (Fsp3) is 0.143. The minimum Gasteiger partial charge on any atom is -0.409 e. The Morgan fingerprint density at radius 1 is 1.26 bits per heavy atom. The number of rotatable bonds is 4. The molecular formula is C14H16N4O. The Labute approximate surface area is 112 Å². The number of nitrogens with two attached hydrogens (primary N) is 1. The van der Waals surface area contributed by atoms with Crippen LogP contribution in [0.1, 0.15) is 11.3 Å². The molecule has 1 aromatic heterocycles. The summed E-state index contributed by atoms with van der Waals surface area (Å²) < 4.78 is 0. The highest BCUT2D eigenvalue weighted by Gasteiger charge is 2.04. The highest BCUT2D eigenvalue weighted by molar-refractivity contribution is 5.97. The van der Waals surface area contributed by atoms with Gasteiger partial charge in [0.2, 0.25) is 0 Å². The van der Waals surface area contributed by atoms with E-state index >= 15 is 0 Å². The van der Waals surface area contributed by atoms with Crippen LogP contribution in [0, 0.1) is 0 Å². The fourth-order valence-electron chi connectivity index (χ4n) is 1.77. The van der Waals surface area contributed by atoms with Gasteiger partial charge < -0.3 is 15.8 Å². The number of anilines is 1. The Bertz CT molecular complexity index is 551. The first kappa shape index (κ1) is 12.9. The van der Waals surface area contributed by atoms with Gasteiger partial charge in [0.15, 0.2) is 5.84 Å². The normalized spacial score (nSPS) is 11.3. The van der Waals surface area contributed by atoms with E-state index in [2.05, 4.69) is 15.0 Å². The van der Waals surface area contributed by atoms with Crippen molar-refractivity contribution in [2.45, 2.75) is 6.54 Å². The van der Waals surface area contributed by atoms with Crippen molar-refractivity contribution in [3.05, 3.63) is 59.9 Å². The van der Waals surface area contributed by atoms with Crippen LogP contribution in [0.15, 0.2) is 53.8 Å². The number of benzene rings is 1. The molecule has 0 atom stereocenters. The number of nitrogens with zero attached hydrogens (tertiary/aromatic N) is 3. The van der Waals surface area contributed by atoms with Crippen molar-refractivity contribution < 1.29 is 5.21 Å². The molecule has 98 valence electrons. The molecule has 0 saturated carbocycles. The zero-order valence-electron chi connectivity index (χ0n) is 10.7. The molecule has 0 aliphatic heterocycles. The molecule has 0 aliphatic carbocycles. The number of aromatic nitrogens is 1. The van der Waals surface area contributed by atoms with Gasteiger partial charge in [0.1, 0.15) is 0 Å². The van der Waals surface area contributed by atoms with Crippen molar-refractivity contribution in [1.82, 2.24) is 4.98 Å². The molecule has 2 rings (SSSR count). The zero-order chi connectivity index (χ0) is 13.7. The number of hydrogen-bond acceptors (Lipinski definition) is 4. The lowest BCUT2D eigenvalue weighted by molar-refractivity contribution is 0.318. The highest BCUT2D eigenvalue weighted by atomic mass is 16.4. The van der Waals surface area contributed by atoms with Gasteiger partial charge in [-0.2, -0.15) is 0 Å². The lowest BCUT2D eigenvalue weighted by Gasteiger charge is -2.19. The quantitative estimate of drug-likeness (QED) is 0.378. The van der Waals surface area contributed by atoms with Gasteiger partial charge >= 0.3 is 0 Å².